The van der Waals surface area contributed by atoms with Crippen LogP contribution in [0.1, 0.15) is 36.1 Å². The molecule has 40 heavy (non-hydrogen) atoms. The second-order valence-electron chi connectivity index (χ2n) is 10.5. The van der Waals surface area contributed by atoms with Gasteiger partial charge < -0.3 is 10.2 Å². The van der Waals surface area contributed by atoms with Crippen LogP contribution >= 0.6 is 11.6 Å². The molecule has 0 radical (unpaired) electrons. The van der Waals surface area contributed by atoms with Crippen molar-refractivity contribution in [2.75, 3.05) is 23.7 Å². The Balaban J connectivity index is 2.08. The van der Waals surface area contributed by atoms with E-state index in [9.17, 15) is 18.0 Å². The van der Waals surface area contributed by atoms with E-state index < -0.39 is 28.5 Å². The summed E-state index contributed by atoms with van der Waals surface area (Å²) in [6, 6.07) is 21.1. The molecule has 1 N–H and O–H groups in total. The number of hydrogen-bond acceptors (Lipinski definition) is 4. The molecule has 0 aliphatic rings. The predicted octanol–water partition coefficient (Wildman–Crippen LogP) is 5.14. The van der Waals surface area contributed by atoms with Crippen LogP contribution < -0.4 is 9.62 Å². The first-order chi connectivity index (χ1) is 18.9. The van der Waals surface area contributed by atoms with Crippen molar-refractivity contribution in [1.82, 2.24) is 10.2 Å². The molecule has 9 heteroatoms. The Kier molecular flexibility index (Phi) is 10.8. The Labute approximate surface area is 243 Å². The fraction of sp³-hybridized carbons (Fsp3) is 0.355. The number of rotatable bonds is 12. The molecule has 0 aliphatic heterocycles. The van der Waals surface area contributed by atoms with Crippen molar-refractivity contribution < 1.29 is 18.0 Å². The maximum absolute atomic E-state index is 14.1. The van der Waals surface area contributed by atoms with Crippen LogP contribution in [-0.2, 0) is 32.6 Å². The molecule has 0 bridgehead atoms. The van der Waals surface area contributed by atoms with E-state index in [0.29, 0.717) is 22.8 Å². The average Bonchev–Trinajstić information content (AvgIpc) is 2.89. The lowest BCUT2D eigenvalue weighted by atomic mass is 10.0. The Morgan fingerprint density at radius 3 is 2.20 bits per heavy atom. The molecule has 1 unspecified atom stereocenters. The number of benzene rings is 3. The van der Waals surface area contributed by atoms with Gasteiger partial charge in [0.25, 0.3) is 0 Å². The summed E-state index contributed by atoms with van der Waals surface area (Å²) in [6.45, 7) is 7.73. The van der Waals surface area contributed by atoms with Crippen LogP contribution in [0.3, 0.4) is 0 Å². The first kappa shape index (κ1) is 31.2. The molecule has 3 rings (SSSR count). The standard InChI is InChI=1S/C31H38ClN3O4S/c1-22(2)19-33-31(37)29(18-25-11-7-6-8-12-25)34(20-26-13-9-10-14-27(26)32)30(36)21-35(40(5,38)39)28-16-15-23(3)17-24(28)4/h6-17,22,29H,18-21H2,1-5H3,(H,33,37). The lowest BCUT2D eigenvalue weighted by Crippen LogP contribution is -2.53. The number of nitrogens with zero attached hydrogens (tertiary/aromatic N) is 2. The zero-order valence-electron chi connectivity index (χ0n) is 23.7. The number of carbonyl (C=O) groups is 2. The van der Waals surface area contributed by atoms with Crippen molar-refractivity contribution in [3.8, 4) is 0 Å². The Bertz CT molecular complexity index is 1430. The number of nitrogens with one attached hydrogen (secondary N) is 1. The lowest BCUT2D eigenvalue weighted by molar-refractivity contribution is -0.140. The smallest absolute Gasteiger partial charge is 0.244 e. The highest BCUT2D eigenvalue weighted by Crippen LogP contribution is 2.25. The van der Waals surface area contributed by atoms with Gasteiger partial charge in [0, 0.05) is 24.5 Å². The van der Waals surface area contributed by atoms with Crippen molar-refractivity contribution in [2.24, 2.45) is 5.92 Å². The van der Waals surface area contributed by atoms with Gasteiger partial charge in [0.1, 0.15) is 12.6 Å². The number of sulfonamides is 1. The maximum Gasteiger partial charge on any atom is 0.244 e. The molecule has 0 heterocycles. The first-order valence-electron chi connectivity index (χ1n) is 13.3. The van der Waals surface area contributed by atoms with Crippen LogP contribution in [0, 0.1) is 19.8 Å². The van der Waals surface area contributed by atoms with Crippen LogP contribution in [0.5, 0.6) is 0 Å². The minimum absolute atomic E-state index is 0.0373. The summed E-state index contributed by atoms with van der Waals surface area (Å²) in [5.74, 6) is -0.611. The van der Waals surface area contributed by atoms with E-state index in [0.717, 1.165) is 27.3 Å². The summed E-state index contributed by atoms with van der Waals surface area (Å²) in [7, 11) is -3.83. The van der Waals surface area contributed by atoms with Crippen LogP contribution in [0.2, 0.25) is 5.02 Å². The number of hydrogen-bond donors (Lipinski definition) is 1. The summed E-state index contributed by atoms with van der Waals surface area (Å²) in [4.78, 5) is 29.2. The molecule has 3 aromatic rings. The van der Waals surface area contributed by atoms with Gasteiger partial charge in [-0.1, -0.05) is 91.7 Å². The number of halogens is 1. The SMILES string of the molecule is Cc1ccc(N(CC(=O)N(Cc2ccccc2Cl)C(Cc2ccccc2)C(=O)NCC(C)C)S(C)(=O)=O)c(C)c1. The van der Waals surface area contributed by atoms with Gasteiger partial charge >= 0.3 is 0 Å². The monoisotopic (exact) mass is 583 g/mol. The second kappa shape index (κ2) is 13.8. The molecule has 0 fully saturated rings. The Morgan fingerprint density at radius 1 is 0.950 bits per heavy atom. The van der Waals surface area contributed by atoms with Crippen LogP contribution in [-0.4, -0.2) is 50.5 Å². The van der Waals surface area contributed by atoms with E-state index in [1.807, 2.05) is 76.2 Å². The quantitative estimate of drug-likeness (QED) is 0.320. The fourth-order valence-corrected chi connectivity index (χ4v) is 5.57. The van der Waals surface area contributed by atoms with Gasteiger partial charge in [-0.05, 0) is 48.6 Å². The molecule has 2 amide bonds. The minimum atomic E-state index is -3.83. The molecule has 7 nitrogen and oxygen atoms in total. The molecule has 0 saturated heterocycles. The minimum Gasteiger partial charge on any atom is -0.354 e. The molecule has 0 saturated carbocycles. The fourth-order valence-electron chi connectivity index (χ4n) is 4.47. The van der Waals surface area contributed by atoms with Crippen molar-refractivity contribution >= 4 is 39.1 Å². The van der Waals surface area contributed by atoms with Crippen LogP contribution in [0.4, 0.5) is 5.69 Å². The van der Waals surface area contributed by atoms with Crippen LogP contribution in [0.25, 0.3) is 0 Å². The largest absolute Gasteiger partial charge is 0.354 e. The Morgan fingerprint density at radius 2 is 1.60 bits per heavy atom. The highest BCUT2D eigenvalue weighted by Gasteiger charge is 2.33. The first-order valence-corrected chi connectivity index (χ1v) is 15.5. The van der Waals surface area contributed by atoms with Gasteiger partial charge in [-0.25, -0.2) is 8.42 Å². The summed E-state index contributed by atoms with van der Waals surface area (Å²) < 4.78 is 27.0. The van der Waals surface area contributed by atoms with Gasteiger partial charge in [-0.3, -0.25) is 13.9 Å². The van der Waals surface area contributed by atoms with E-state index in [2.05, 4.69) is 5.32 Å². The van der Waals surface area contributed by atoms with Gasteiger partial charge in [0.2, 0.25) is 21.8 Å². The molecule has 1 atom stereocenters. The number of carbonyl (C=O) groups excluding carboxylic acids is 2. The van der Waals surface area contributed by atoms with E-state index in [-0.39, 0.29) is 24.8 Å². The van der Waals surface area contributed by atoms with Crippen molar-refractivity contribution in [3.05, 3.63) is 100 Å². The third kappa shape index (κ3) is 8.57. The average molecular weight is 584 g/mol. The number of anilines is 1. The summed E-state index contributed by atoms with van der Waals surface area (Å²) in [5, 5.41) is 3.43. The van der Waals surface area contributed by atoms with Crippen molar-refractivity contribution in [3.63, 3.8) is 0 Å². The third-order valence-electron chi connectivity index (χ3n) is 6.55. The van der Waals surface area contributed by atoms with Gasteiger partial charge in [0.15, 0.2) is 0 Å². The van der Waals surface area contributed by atoms with E-state index in [1.165, 1.54) is 4.90 Å². The van der Waals surface area contributed by atoms with E-state index in [4.69, 9.17) is 11.6 Å². The van der Waals surface area contributed by atoms with Crippen molar-refractivity contribution in [1.29, 1.82) is 0 Å². The van der Waals surface area contributed by atoms with Gasteiger partial charge in [-0.2, -0.15) is 0 Å². The molecular weight excluding hydrogens is 546 g/mol. The molecule has 214 valence electrons. The maximum atomic E-state index is 14.1. The molecule has 0 aromatic heterocycles. The predicted molar refractivity (Wildman–Crippen MR) is 162 cm³/mol. The van der Waals surface area contributed by atoms with Gasteiger partial charge in [0.05, 0.1) is 11.9 Å². The lowest BCUT2D eigenvalue weighted by Gasteiger charge is -2.34. The highest BCUT2D eigenvalue weighted by molar-refractivity contribution is 7.92. The molecule has 0 aliphatic carbocycles. The highest BCUT2D eigenvalue weighted by atomic mass is 35.5. The third-order valence-corrected chi connectivity index (χ3v) is 8.05. The van der Waals surface area contributed by atoms with Crippen LogP contribution in [0.15, 0.2) is 72.8 Å². The van der Waals surface area contributed by atoms with E-state index >= 15 is 0 Å². The summed E-state index contributed by atoms with van der Waals surface area (Å²) in [6.07, 6.45) is 1.33. The number of amides is 2. The van der Waals surface area contributed by atoms with E-state index in [1.54, 1.807) is 24.3 Å². The topological polar surface area (TPSA) is 86.8 Å². The summed E-state index contributed by atoms with van der Waals surface area (Å²) >= 11 is 6.49. The number of aryl methyl sites for hydroxylation is 2. The molecule has 3 aromatic carbocycles. The molecular formula is C31H38ClN3O4S. The zero-order valence-corrected chi connectivity index (χ0v) is 25.3. The normalized spacial score (nSPS) is 12.2. The Hall–Kier alpha value is -3.36. The second-order valence-corrected chi connectivity index (χ2v) is 12.8. The van der Waals surface area contributed by atoms with Gasteiger partial charge in [-0.15, -0.1) is 0 Å². The zero-order chi connectivity index (χ0) is 29.4. The summed E-state index contributed by atoms with van der Waals surface area (Å²) in [5.41, 5.74) is 3.66. The molecule has 0 spiro atoms. The van der Waals surface area contributed by atoms with Crippen molar-refractivity contribution in [2.45, 2.75) is 46.7 Å².